The number of aromatic nitrogens is 2. The van der Waals surface area contributed by atoms with Gasteiger partial charge in [-0.15, -0.1) is 0 Å². The molecule has 1 unspecified atom stereocenters. The number of nitrogens with zero attached hydrogens (tertiary/aromatic N) is 2. The zero-order valence-corrected chi connectivity index (χ0v) is 15.3. The van der Waals surface area contributed by atoms with Gasteiger partial charge in [-0.2, -0.15) is 0 Å². The highest BCUT2D eigenvalue weighted by molar-refractivity contribution is 8.00. The number of hydrogen-bond donors (Lipinski definition) is 2. The first-order valence-electron chi connectivity index (χ1n) is 8.01. The molecule has 0 bridgehead atoms. The van der Waals surface area contributed by atoms with Gasteiger partial charge in [-0.3, -0.25) is 4.79 Å². The number of nitrogens with one attached hydrogen (secondary N) is 2. The number of fused-ring (bicyclic) bond motifs is 1. The SMILES string of the molecule is CCC(Sc1nc2cc(N3CCNCC3)c(Cl)cc2[nH]1)C(=O)OC. The highest BCUT2D eigenvalue weighted by atomic mass is 35.5. The molecule has 0 spiro atoms. The van der Waals surface area contributed by atoms with Crippen LogP contribution in [0.25, 0.3) is 11.0 Å². The summed E-state index contributed by atoms with van der Waals surface area (Å²) in [5.41, 5.74) is 2.74. The highest BCUT2D eigenvalue weighted by Gasteiger charge is 2.21. The number of anilines is 1. The first-order valence-corrected chi connectivity index (χ1v) is 9.27. The lowest BCUT2D eigenvalue weighted by molar-refractivity contribution is -0.140. The van der Waals surface area contributed by atoms with Crippen LogP contribution in [-0.2, 0) is 9.53 Å². The number of esters is 1. The molecule has 1 aliphatic heterocycles. The van der Waals surface area contributed by atoms with E-state index in [1.54, 1.807) is 0 Å². The molecule has 0 aliphatic carbocycles. The first kappa shape index (κ1) is 17.4. The van der Waals surface area contributed by atoms with E-state index in [1.165, 1.54) is 18.9 Å². The Bertz CT molecular complexity index is 730. The molecule has 1 fully saturated rings. The Morgan fingerprint density at radius 2 is 2.21 bits per heavy atom. The maximum atomic E-state index is 11.8. The van der Waals surface area contributed by atoms with Crippen molar-refractivity contribution in [2.75, 3.05) is 38.2 Å². The Balaban J connectivity index is 1.86. The third-order valence-corrected chi connectivity index (χ3v) is 5.60. The summed E-state index contributed by atoms with van der Waals surface area (Å²) in [5, 5.41) is 4.49. The minimum Gasteiger partial charge on any atom is -0.468 e. The predicted octanol–water partition coefficient (Wildman–Crippen LogP) is 2.67. The van der Waals surface area contributed by atoms with Crippen LogP contribution in [0.2, 0.25) is 5.02 Å². The van der Waals surface area contributed by atoms with Crippen LogP contribution in [0.3, 0.4) is 0 Å². The minimum atomic E-state index is -0.265. The number of methoxy groups -OCH3 is 1. The Kier molecular flexibility index (Phi) is 5.53. The molecule has 24 heavy (non-hydrogen) atoms. The summed E-state index contributed by atoms with van der Waals surface area (Å²) in [6, 6.07) is 3.92. The number of piperazine rings is 1. The lowest BCUT2D eigenvalue weighted by Crippen LogP contribution is -2.43. The molecule has 0 saturated carbocycles. The fourth-order valence-corrected chi connectivity index (χ4v) is 4.00. The molecule has 0 amide bonds. The van der Waals surface area contributed by atoms with Crippen molar-refractivity contribution in [1.29, 1.82) is 0 Å². The standard InChI is InChI=1S/C16H21ClN4O2S/c1-3-14(15(22)23-2)24-16-19-11-8-10(17)13(9-12(11)20-16)21-6-4-18-5-7-21/h8-9,14,18H,3-7H2,1-2H3,(H,19,20). The van der Waals surface area contributed by atoms with E-state index in [4.69, 9.17) is 16.3 Å². The van der Waals surface area contributed by atoms with E-state index in [-0.39, 0.29) is 11.2 Å². The second-order valence-electron chi connectivity index (χ2n) is 5.64. The average Bonchev–Trinajstić information content (AvgIpc) is 3.00. The number of H-pyrrole nitrogens is 1. The molecule has 130 valence electrons. The fraction of sp³-hybridized carbons (Fsp3) is 0.500. The van der Waals surface area contributed by atoms with Crippen LogP contribution in [0.15, 0.2) is 17.3 Å². The number of halogens is 1. The number of hydrogen-bond acceptors (Lipinski definition) is 6. The first-order chi connectivity index (χ1) is 11.6. The van der Waals surface area contributed by atoms with Gasteiger partial charge in [0.15, 0.2) is 5.16 Å². The normalized spacial score (nSPS) is 16.4. The van der Waals surface area contributed by atoms with Crippen LogP contribution in [0, 0.1) is 0 Å². The molecular formula is C16H21ClN4O2S. The quantitative estimate of drug-likeness (QED) is 0.624. The number of imidazole rings is 1. The number of rotatable bonds is 5. The van der Waals surface area contributed by atoms with Crippen molar-refractivity contribution in [2.24, 2.45) is 0 Å². The van der Waals surface area contributed by atoms with E-state index < -0.39 is 0 Å². The van der Waals surface area contributed by atoms with Crippen molar-refractivity contribution < 1.29 is 9.53 Å². The van der Waals surface area contributed by atoms with Crippen molar-refractivity contribution in [3.63, 3.8) is 0 Å². The number of aromatic amines is 1. The summed E-state index contributed by atoms with van der Waals surface area (Å²) in [6.45, 7) is 5.71. The Morgan fingerprint density at radius 1 is 1.46 bits per heavy atom. The summed E-state index contributed by atoms with van der Waals surface area (Å²) >= 11 is 7.85. The average molecular weight is 369 g/mol. The summed E-state index contributed by atoms with van der Waals surface area (Å²) < 4.78 is 4.83. The van der Waals surface area contributed by atoms with E-state index in [0.29, 0.717) is 16.6 Å². The Labute approximate surface area is 150 Å². The molecule has 3 rings (SSSR count). The second-order valence-corrected chi connectivity index (χ2v) is 7.24. The van der Waals surface area contributed by atoms with Crippen molar-refractivity contribution in [3.8, 4) is 0 Å². The lowest BCUT2D eigenvalue weighted by Gasteiger charge is -2.30. The molecule has 8 heteroatoms. The van der Waals surface area contributed by atoms with Gasteiger partial charge in [0.2, 0.25) is 0 Å². The van der Waals surface area contributed by atoms with E-state index in [2.05, 4.69) is 20.2 Å². The van der Waals surface area contributed by atoms with Gasteiger partial charge >= 0.3 is 5.97 Å². The number of carbonyl (C=O) groups is 1. The van der Waals surface area contributed by atoms with Crippen molar-refractivity contribution in [3.05, 3.63) is 17.2 Å². The molecular weight excluding hydrogens is 348 g/mol. The van der Waals surface area contributed by atoms with E-state index >= 15 is 0 Å². The van der Waals surface area contributed by atoms with Gasteiger partial charge in [0, 0.05) is 26.2 Å². The van der Waals surface area contributed by atoms with Gasteiger partial charge in [-0.25, -0.2) is 4.98 Å². The molecule has 1 saturated heterocycles. The molecule has 1 aliphatic rings. The number of ether oxygens (including phenoxy) is 1. The van der Waals surface area contributed by atoms with Crippen LogP contribution in [-0.4, -0.2) is 54.5 Å². The number of benzene rings is 1. The van der Waals surface area contributed by atoms with Crippen LogP contribution < -0.4 is 10.2 Å². The molecule has 0 radical (unpaired) electrons. The van der Waals surface area contributed by atoms with E-state index in [9.17, 15) is 4.79 Å². The lowest BCUT2D eigenvalue weighted by atomic mass is 10.2. The van der Waals surface area contributed by atoms with Gasteiger partial charge in [0.1, 0.15) is 5.25 Å². The predicted molar refractivity (Wildman–Crippen MR) is 98.1 cm³/mol. The van der Waals surface area contributed by atoms with Crippen LogP contribution in [0.5, 0.6) is 0 Å². The maximum absolute atomic E-state index is 11.8. The van der Waals surface area contributed by atoms with E-state index in [0.717, 1.165) is 42.9 Å². The number of thioether (sulfide) groups is 1. The topological polar surface area (TPSA) is 70.2 Å². The number of carbonyl (C=O) groups excluding carboxylic acids is 1. The monoisotopic (exact) mass is 368 g/mol. The van der Waals surface area contributed by atoms with Crippen molar-refractivity contribution in [2.45, 2.75) is 23.8 Å². The largest absolute Gasteiger partial charge is 0.468 e. The van der Waals surface area contributed by atoms with Gasteiger partial charge in [-0.1, -0.05) is 30.3 Å². The van der Waals surface area contributed by atoms with Gasteiger partial charge < -0.3 is 19.9 Å². The highest BCUT2D eigenvalue weighted by Crippen LogP contribution is 2.33. The zero-order valence-electron chi connectivity index (χ0n) is 13.8. The third kappa shape index (κ3) is 3.63. The van der Waals surface area contributed by atoms with Gasteiger partial charge in [-0.05, 0) is 18.6 Å². The van der Waals surface area contributed by atoms with Crippen LogP contribution >= 0.6 is 23.4 Å². The smallest absolute Gasteiger partial charge is 0.319 e. The second kappa shape index (κ2) is 7.63. The van der Waals surface area contributed by atoms with Crippen LogP contribution in [0.4, 0.5) is 5.69 Å². The minimum absolute atomic E-state index is 0.234. The molecule has 2 aromatic rings. The fourth-order valence-electron chi connectivity index (χ4n) is 2.76. The Morgan fingerprint density at radius 3 is 2.88 bits per heavy atom. The summed E-state index contributed by atoms with van der Waals surface area (Å²) in [4.78, 5) is 21.9. The maximum Gasteiger partial charge on any atom is 0.319 e. The summed E-state index contributed by atoms with van der Waals surface area (Å²) in [5.74, 6) is -0.234. The molecule has 2 heterocycles. The van der Waals surface area contributed by atoms with Gasteiger partial charge in [0.05, 0.1) is 28.9 Å². The molecule has 2 N–H and O–H groups in total. The zero-order chi connectivity index (χ0) is 17.1. The molecule has 1 aromatic carbocycles. The van der Waals surface area contributed by atoms with E-state index in [1.807, 2.05) is 19.1 Å². The molecule has 1 aromatic heterocycles. The molecule has 6 nitrogen and oxygen atoms in total. The summed E-state index contributed by atoms with van der Waals surface area (Å²) in [6.07, 6.45) is 0.682. The van der Waals surface area contributed by atoms with Crippen LogP contribution in [0.1, 0.15) is 13.3 Å². The third-order valence-electron chi connectivity index (χ3n) is 4.08. The van der Waals surface area contributed by atoms with Crippen molar-refractivity contribution in [1.82, 2.24) is 15.3 Å². The Hall–Kier alpha value is -1.44. The van der Waals surface area contributed by atoms with Gasteiger partial charge in [0.25, 0.3) is 0 Å². The molecule has 1 atom stereocenters. The van der Waals surface area contributed by atoms with Crippen molar-refractivity contribution >= 4 is 46.1 Å². The summed E-state index contributed by atoms with van der Waals surface area (Å²) in [7, 11) is 1.41.